The summed E-state index contributed by atoms with van der Waals surface area (Å²) in [6, 6.07) is 8.43. The zero-order valence-corrected chi connectivity index (χ0v) is 10.9. The monoisotopic (exact) mass is 263 g/mol. The van der Waals surface area contributed by atoms with Crippen LogP contribution in [0.1, 0.15) is 16.8 Å². The summed E-state index contributed by atoms with van der Waals surface area (Å²) >= 11 is 1.20. The lowest BCUT2D eigenvalue weighted by Crippen LogP contribution is -2.13. The maximum absolute atomic E-state index is 10.9. The molecule has 0 aliphatic rings. The predicted octanol–water partition coefficient (Wildman–Crippen LogP) is 1.23. The molecule has 4 nitrogen and oxygen atoms in total. The molecule has 1 aromatic heterocycles. The molecule has 4 N–H and O–H groups in total. The van der Waals surface area contributed by atoms with Gasteiger partial charge in [-0.05, 0) is 24.1 Å². The number of H-pyrrole nitrogens is 1. The summed E-state index contributed by atoms with van der Waals surface area (Å²) in [5.41, 5.74) is 8.94. The van der Waals surface area contributed by atoms with E-state index in [9.17, 15) is 4.79 Å². The van der Waals surface area contributed by atoms with Crippen LogP contribution in [0.4, 0.5) is 0 Å². The van der Waals surface area contributed by atoms with Crippen molar-refractivity contribution in [3.05, 3.63) is 56.1 Å². The summed E-state index contributed by atoms with van der Waals surface area (Å²) in [6.45, 7) is 2.16. The first-order chi connectivity index (χ1) is 8.78. The Morgan fingerprint density at radius 1 is 1.17 bits per heavy atom. The number of aromatic nitrogens is 1. The molecule has 0 radical (unpaired) electrons. The van der Waals surface area contributed by atoms with Gasteiger partial charge in [0.1, 0.15) is 0 Å². The van der Waals surface area contributed by atoms with Crippen LogP contribution in [0, 0.1) is 0 Å². The Kier molecular flexibility index (Phi) is 4.69. The van der Waals surface area contributed by atoms with Gasteiger partial charge in [-0.2, -0.15) is 0 Å². The zero-order chi connectivity index (χ0) is 12.8. The average Bonchev–Trinajstić information content (AvgIpc) is 2.78. The highest BCUT2D eigenvalue weighted by molar-refractivity contribution is 7.07. The molecular weight excluding hydrogens is 246 g/mol. The topological polar surface area (TPSA) is 70.9 Å². The van der Waals surface area contributed by atoms with Gasteiger partial charge in [-0.15, -0.1) is 0 Å². The van der Waals surface area contributed by atoms with E-state index in [0.29, 0.717) is 13.1 Å². The maximum atomic E-state index is 10.9. The number of benzene rings is 1. The van der Waals surface area contributed by atoms with E-state index in [1.54, 1.807) is 0 Å². The fourth-order valence-corrected chi connectivity index (χ4v) is 2.31. The van der Waals surface area contributed by atoms with Gasteiger partial charge in [0.25, 0.3) is 0 Å². The Balaban J connectivity index is 1.81. The Morgan fingerprint density at radius 3 is 2.50 bits per heavy atom. The van der Waals surface area contributed by atoms with E-state index in [4.69, 9.17) is 5.73 Å². The predicted molar refractivity (Wildman–Crippen MR) is 74.7 cm³/mol. The molecule has 0 saturated carbocycles. The number of nitrogens with two attached hydrogens (primary N) is 1. The summed E-state index contributed by atoms with van der Waals surface area (Å²) in [6.07, 6.45) is 0.920. The summed E-state index contributed by atoms with van der Waals surface area (Å²) in [5.74, 6) is 0. The van der Waals surface area contributed by atoms with Crippen LogP contribution in [0.25, 0.3) is 0 Å². The van der Waals surface area contributed by atoms with Crippen molar-refractivity contribution < 1.29 is 0 Å². The molecule has 0 fully saturated rings. The van der Waals surface area contributed by atoms with Crippen LogP contribution in [0.2, 0.25) is 0 Å². The van der Waals surface area contributed by atoms with Gasteiger partial charge in [-0.3, -0.25) is 4.79 Å². The number of hydrogen-bond acceptors (Lipinski definition) is 4. The summed E-state index contributed by atoms with van der Waals surface area (Å²) in [7, 11) is 0. The van der Waals surface area contributed by atoms with E-state index in [-0.39, 0.29) is 4.87 Å². The highest BCUT2D eigenvalue weighted by Crippen LogP contribution is 2.05. The second-order valence-corrected chi connectivity index (χ2v) is 4.97. The molecule has 0 aliphatic carbocycles. The quantitative estimate of drug-likeness (QED) is 0.734. The van der Waals surface area contributed by atoms with Crippen LogP contribution >= 0.6 is 11.3 Å². The van der Waals surface area contributed by atoms with Crippen molar-refractivity contribution in [3.8, 4) is 0 Å². The van der Waals surface area contributed by atoms with Crippen LogP contribution < -0.4 is 15.9 Å². The van der Waals surface area contributed by atoms with Crippen molar-refractivity contribution in [1.82, 2.24) is 10.3 Å². The highest BCUT2D eigenvalue weighted by atomic mass is 32.1. The fourth-order valence-electron chi connectivity index (χ4n) is 1.73. The van der Waals surface area contributed by atoms with E-state index in [1.807, 2.05) is 5.38 Å². The first kappa shape index (κ1) is 13.0. The minimum Gasteiger partial charge on any atom is -0.330 e. The molecule has 18 heavy (non-hydrogen) atoms. The molecule has 2 aromatic rings. The Bertz CT molecular complexity index is 530. The molecular formula is C13H17N3OS. The zero-order valence-electron chi connectivity index (χ0n) is 10.1. The van der Waals surface area contributed by atoms with E-state index in [0.717, 1.165) is 18.7 Å². The van der Waals surface area contributed by atoms with Crippen LogP contribution in [-0.4, -0.2) is 11.5 Å². The number of nitrogens with one attached hydrogen (secondary N) is 2. The minimum atomic E-state index is -0.00191. The molecule has 0 aliphatic heterocycles. The largest absolute Gasteiger partial charge is 0.330 e. The van der Waals surface area contributed by atoms with Crippen molar-refractivity contribution >= 4 is 11.3 Å². The molecule has 0 unspecified atom stereocenters. The Labute approximate surface area is 110 Å². The molecule has 0 spiro atoms. The number of hydrogen-bond donors (Lipinski definition) is 3. The van der Waals surface area contributed by atoms with Gasteiger partial charge in [0.15, 0.2) is 0 Å². The summed E-state index contributed by atoms with van der Waals surface area (Å²) < 4.78 is 0. The third kappa shape index (κ3) is 3.80. The Hall–Kier alpha value is -1.43. The van der Waals surface area contributed by atoms with Gasteiger partial charge < -0.3 is 16.0 Å². The first-order valence-corrected chi connectivity index (χ1v) is 6.81. The van der Waals surface area contributed by atoms with Gasteiger partial charge >= 0.3 is 4.87 Å². The lowest BCUT2D eigenvalue weighted by Gasteiger charge is -2.05. The lowest BCUT2D eigenvalue weighted by molar-refractivity contribution is 0.681. The first-order valence-electron chi connectivity index (χ1n) is 5.93. The average molecular weight is 263 g/mol. The molecule has 0 bridgehead atoms. The van der Waals surface area contributed by atoms with Crippen LogP contribution in [0.5, 0.6) is 0 Å². The summed E-state index contributed by atoms with van der Waals surface area (Å²) in [4.78, 5) is 13.7. The van der Waals surface area contributed by atoms with Crippen molar-refractivity contribution in [1.29, 1.82) is 0 Å². The van der Waals surface area contributed by atoms with Crippen LogP contribution in [-0.2, 0) is 19.5 Å². The fraction of sp³-hybridized carbons (Fsp3) is 0.308. The third-order valence-electron chi connectivity index (χ3n) is 2.67. The molecule has 5 heteroatoms. The molecule has 1 aromatic carbocycles. The number of aromatic amines is 1. The standard InChI is InChI=1S/C13H17N3OS/c14-6-5-10-1-3-11(4-2-10)7-15-8-12-9-18-13(17)16-12/h1-4,9,15H,5-8,14H2,(H,16,17). The lowest BCUT2D eigenvalue weighted by atomic mass is 10.1. The van der Waals surface area contributed by atoms with Crippen molar-refractivity contribution in [3.63, 3.8) is 0 Å². The van der Waals surface area contributed by atoms with E-state index in [1.165, 1.54) is 22.5 Å². The van der Waals surface area contributed by atoms with Crippen LogP contribution in [0.15, 0.2) is 34.4 Å². The molecule has 2 rings (SSSR count). The number of thiazole rings is 1. The smallest absolute Gasteiger partial charge is 0.304 e. The van der Waals surface area contributed by atoms with Crippen molar-refractivity contribution in [2.45, 2.75) is 19.5 Å². The Morgan fingerprint density at radius 2 is 1.89 bits per heavy atom. The van der Waals surface area contributed by atoms with E-state index >= 15 is 0 Å². The molecule has 0 atom stereocenters. The van der Waals surface area contributed by atoms with Crippen LogP contribution in [0.3, 0.4) is 0 Å². The SMILES string of the molecule is NCCc1ccc(CNCc2csc(=O)[nH]2)cc1. The minimum absolute atomic E-state index is 0.00191. The molecule has 0 amide bonds. The highest BCUT2D eigenvalue weighted by Gasteiger charge is 1.97. The van der Waals surface area contributed by atoms with E-state index < -0.39 is 0 Å². The molecule has 1 heterocycles. The van der Waals surface area contributed by atoms with Gasteiger partial charge in [-0.1, -0.05) is 35.6 Å². The normalized spacial score (nSPS) is 10.7. The number of rotatable bonds is 6. The van der Waals surface area contributed by atoms with Crippen molar-refractivity contribution in [2.75, 3.05) is 6.54 Å². The second kappa shape index (κ2) is 6.49. The third-order valence-corrected chi connectivity index (χ3v) is 3.39. The van der Waals surface area contributed by atoms with Gasteiger partial charge in [0, 0.05) is 24.2 Å². The summed E-state index contributed by atoms with van der Waals surface area (Å²) in [5, 5.41) is 5.14. The maximum Gasteiger partial charge on any atom is 0.304 e. The molecule has 96 valence electrons. The van der Waals surface area contributed by atoms with E-state index in [2.05, 4.69) is 34.6 Å². The van der Waals surface area contributed by atoms with Crippen molar-refractivity contribution in [2.24, 2.45) is 5.73 Å². The van der Waals surface area contributed by atoms with Gasteiger partial charge in [-0.25, -0.2) is 0 Å². The van der Waals surface area contributed by atoms with Gasteiger partial charge in [0.2, 0.25) is 0 Å². The second-order valence-electron chi connectivity index (χ2n) is 4.13. The molecule has 0 saturated heterocycles. The van der Waals surface area contributed by atoms with Gasteiger partial charge in [0.05, 0.1) is 0 Å².